The summed E-state index contributed by atoms with van der Waals surface area (Å²) in [6, 6.07) is 4.44. The van der Waals surface area contributed by atoms with Crippen molar-refractivity contribution in [3.8, 4) is 0 Å². The van der Waals surface area contributed by atoms with Gasteiger partial charge in [0.15, 0.2) is 0 Å². The van der Waals surface area contributed by atoms with Crippen molar-refractivity contribution in [3.63, 3.8) is 0 Å². The molecule has 1 rings (SSSR count). The smallest absolute Gasteiger partial charge is 0.0723 e. The number of ether oxygens (including phenoxy) is 2. The number of rotatable bonds is 6. The standard InChI is InChI=1S/C16H26O2/c1-11(2)17-9-15-7-14(6)16(8-13(15)5)10-18-12(3)4/h7-8,11-12H,9-10H2,1-6H3. The van der Waals surface area contributed by atoms with E-state index in [-0.39, 0.29) is 12.2 Å². The molecule has 1 aromatic rings. The fourth-order valence-corrected chi connectivity index (χ4v) is 1.76. The van der Waals surface area contributed by atoms with Gasteiger partial charge in [0, 0.05) is 0 Å². The first-order valence-electron chi connectivity index (χ1n) is 6.72. The van der Waals surface area contributed by atoms with Gasteiger partial charge in [0.25, 0.3) is 0 Å². The zero-order valence-corrected chi connectivity index (χ0v) is 12.5. The van der Waals surface area contributed by atoms with Gasteiger partial charge in [-0.25, -0.2) is 0 Å². The second-order valence-electron chi connectivity index (χ2n) is 5.42. The van der Waals surface area contributed by atoms with Crippen molar-refractivity contribution in [2.24, 2.45) is 0 Å². The molecule has 0 aliphatic rings. The van der Waals surface area contributed by atoms with Gasteiger partial charge in [-0.3, -0.25) is 0 Å². The van der Waals surface area contributed by atoms with E-state index in [1.807, 2.05) is 0 Å². The largest absolute Gasteiger partial charge is 0.374 e. The van der Waals surface area contributed by atoms with E-state index in [0.717, 1.165) is 0 Å². The molecule has 0 aliphatic carbocycles. The van der Waals surface area contributed by atoms with Gasteiger partial charge in [0.1, 0.15) is 0 Å². The van der Waals surface area contributed by atoms with Crippen LogP contribution in [0, 0.1) is 13.8 Å². The highest BCUT2D eigenvalue weighted by atomic mass is 16.5. The zero-order valence-electron chi connectivity index (χ0n) is 12.5. The van der Waals surface area contributed by atoms with E-state index in [9.17, 15) is 0 Å². The summed E-state index contributed by atoms with van der Waals surface area (Å²) in [5.74, 6) is 0. The van der Waals surface area contributed by atoms with Gasteiger partial charge in [-0.05, 0) is 63.8 Å². The molecule has 2 nitrogen and oxygen atoms in total. The molecule has 0 N–H and O–H groups in total. The lowest BCUT2D eigenvalue weighted by atomic mass is 10.0. The Hall–Kier alpha value is -0.860. The van der Waals surface area contributed by atoms with Crippen LogP contribution in [0.5, 0.6) is 0 Å². The maximum absolute atomic E-state index is 5.67. The number of benzene rings is 1. The summed E-state index contributed by atoms with van der Waals surface area (Å²) in [7, 11) is 0. The Morgan fingerprint density at radius 1 is 0.778 bits per heavy atom. The lowest BCUT2D eigenvalue weighted by molar-refractivity contribution is 0.0634. The molecular formula is C16H26O2. The van der Waals surface area contributed by atoms with Gasteiger partial charge in [-0.2, -0.15) is 0 Å². The van der Waals surface area contributed by atoms with E-state index < -0.39 is 0 Å². The summed E-state index contributed by atoms with van der Waals surface area (Å²) in [5, 5.41) is 0. The van der Waals surface area contributed by atoms with Gasteiger partial charge in [0.2, 0.25) is 0 Å². The Morgan fingerprint density at radius 2 is 1.11 bits per heavy atom. The van der Waals surface area contributed by atoms with Crippen LogP contribution in [0.4, 0.5) is 0 Å². The molecule has 0 spiro atoms. The first-order valence-corrected chi connectivity index (χ1v) is 6.72. The van der Waals surface area contributed by atoms with Crippen LogP contribution in [0.1, 0.15) is 49.9 Å². The van der Waals surface area contributed by atoms with E-state index in [2.05, 4.69) is 53.7 Å². The van der Waals surface area contributed by atoms with Crippen LogP contribution in [0.2, 0.25) is 0 Å². The topological polar surface area (TPSA) is 18.5 Å². The fourth-order valence-electron chi connectivity index (χ4n) is 1.76. The Kier molecular flexibility index (Phi) is 5.83. The number of hydrogen-bond donors (Lipinski definition) is 0. The number of hydrogen-bond acceptors (Lipinski definition) is 2. The highest BCUT2D eigenvalue weighted by molar-refractivity contribution is 5.36. The molecule has 0 saturated heterocycles. The quantitative estimate of drug-likeness (QED) is 0.755. The third kappa shape index (κ3) is 4.79. The van der Waals surface area contributed by atoms with Crippen molar-refractivity contribution in [1.29, 1.82) is 0 Å². The molecule has 18 heavy (non-hydrogen) atoms. The highest BCUT2D eigenvalue weighted by Gasteiger charge is 2.06. The van der Waals surface area contributed by atoms with Crippen LogP contribution >= 0.6 is 0 Å². The zero-order chi connectivity index (χ0) is 13.7. The van der Waals surface area contributed by atoms with Gasteiger partial charge in [-0.1, -0.05) is 12.1 Å². The first kappa shape index (κ1) is 15.2. The SMILES string of the molecule is Cc1cc(COC(C)C)c(C)cc1COC(C)C. The lowest BCUT2D eigenvalue weighted by Crippen LogP contribution is -2.07. The van der Waals surface area contributed by atoms with Crippen molar-refractivity contribution in [1.82, 2.24) is 0 Å². The van der Waals surface area contributed by atoms with Gasteiger partial charge < -0.3 is 9.47 Å². The summed E-state index contributed by atoms with van der Waals surface area (Å²) >= 11 is 0. The second-order valence-corrected chi connectivity index (χ2v) is 5.42. The Labute approximate surface area is 111 Å². The summed E-state index contributed by atoms with van der Waals surface area (Å²) in [5.41, 5.74) is 5.11. The van der Waals surface area contributed by atoms with E-state index in [1.54, 1.807) is 0 Å². The summed E-state index contributed by atoms with van der Waals surface area (Å²) in [6.07, 6.45) is 0.544. The van der Waals surface area contributed by atoms with Crippen molar-refractivity contribution in [2.45, 2.75) is 67.0 Å². The van der Waals surface area contributed by atoms with Crippen molar-refractivity contribution >= 4 is 0 Å². The maximum Gasteiger partial charge on any atom is 0.0723 e. The van der Waals surface area contributed by atoms with E-state index in [0.29, 0.717) is 13.2 Å². The molecule has 0 aliphatic heterocycles. The third-order valence-corrected chi connectivity index (χ3v) is 2.94. The second kappa shape index (κ2) is 6.91. The van der Waals surface area contributed by atoms with E-state index in [4.69, 9.17) is 9.47 Å². The first-order chi connectivity index (χ1) is 8.40. The Balaban J connectivity index is 2.76. The predicted molar refractivity (Wildman–Crippen MR) is 75.8 cm³/mol. The molecule has 0 saturated carbocycles. The Bertz CT molecular complexity index is 343. The predicted octanol–water partition coefficient (Wildman–Crippen LogP) is 4.15. The van der Waals surface area contributed by atoms with Gasteiger partial charge in [-0.15, -0.1) is 0 Å². The van der Waals surface area contributed by atoms with Crippen LogP contribution in [0.3, 0.4) is 0 Å². The van der Waals surface area contributed by atoms with E-state index >= 15 is 0 Å². The molecule has 0 atom stereocenters. The molecule has 2 heteroatoms. The van der Waals surface area contributed by atoms with Crippen LogP contribution in [0.15, 0.2) is 12.1 Å². The molecular weight excluding hydrogens is 224 g/mol. The molecule has 102 valence electrons. The average Bonchev–Trinajstić information content (AvgIpc) is 2.27. The van der Waals surface area contributed by atoms with E-state index in [1.165, 1.54) is 22.3 Å². The Morgan fingerprint density at radius 3 is 1.39 bits per heavy atom. The van der Waals surface area contributed by atoms with Crippen LogP contribution in [0.25, 0.3) is 0 Å². The summed E-state index contributed by atoms with van der Waals surface area (Å²) in [6.45, 7) is 13.9. The molecule has 0 bridgehead atoms. The van der Waals surface area contributed by atoms with Crippen molar-refractivity contribution in [2.75, 3.05) is 0 Å². The minimum absolute atomic E-state index is 0.272. The van der Waals surface area contributed by atoms with Crippen LogP contribution in [-0.2, 0) is 22.7 Å². The normalized spacial score (nSPS) is 11.6. The minimum Gasteiger partial charge on any atom is -0.374 e. The molecule has 0 radical (unpaired) electrons. The molecule has 0 fully saturated rings. The van der Waals surface area contributed by atoms with Crippen LogP contribution in [-0.4, -0.2) is 12.2 Å². The maximum atomic E-state index is 5.67. The van der Waals surface area contributed by atoms with Crippen molar-refractivity contribution < 1.29 is 9.47 Å². The summed E-state index contributed by atoms with van der Waals surface area (Å²) < 4.78 is 11.3. The van der Waals surface area contributed by atoms with Crippen molar-refractivity contribution in [3.05, 3.63) is 34.4 Å². The molecule has 0 unspecified atom stereocenters. The highest BCUT2D eigenvalue weighted by Crippen LogP contribution is 2.18. The fraction of sp³-hybridized carbons (Fsp3) is 0.625. The molecule has 0 aromatic heterocycles. The minimum atomic E-state index is 0.272. The van der Waals surface area contributed by atoms with Gasteiger partial charge >= 0.3 is 0 Å². The monoisotopic (exact) mass is 250 g/mol. The molecule has 0 amide bonds. The molecule has 0 heterocycles. The molecule has 1 aromatic carbocycles. The third-order valence-electron chi connectivity index (χ3n) is 2.94. The lowest BCUT2D eigenvalue weighted by Gasteiger charge is -2.15. The average molecular weight is 250 g/mol. The number of aryl methyl sites for hydroxylation is 2. The summed E-state index contributed by atoms with van der Waals surface area (Å²) in [4.78, 5) is 0. The van der Waals surface area contributed by atoms with Crippen LogP contribution < -0.4 is 0 Å². The van der Waals surface area contributed by atoms with Gasteiger partial charge in [0.05, 0.1) is 25.4 Å².